The van der Waals surface area contributed by atoms with Gasteiger partial charge >= 0.3 is 23.6 Å². The van der Waals surface area contributed by atoms with Crippen molar-refractivity contribution in [3.8, 4) is 0 Å². The van der Waals surface area contributed by atoms with Gasteiger partial charge in [0.15, 0.2) is 0 Å². The fourth-order valence-electron chi connectivity index (χ4n) is 0. The third-order valence-corrected chi connectivity index (χ3v) is 0.135. The first-order valence-electron chi connectivity index (χ1n) is 1.10. The van der Waals surface area contributed by atoms with Gasteiger partial charge in [0.05, 0.1) is 0 Å². The zero-order chi connectivity index (χ0) is 4.28. The molecule has 0 saturated carbocycles. The van der Waals surface area contributed by atoms with Crippen molar-refractivity contribution in [1.82, 2.24) is 0 Å². The Morgan fingerprint density at radius 3 is 1.83 bits per heavy atom. The Kier molecular flexibility index (Phi) is 7.76. The van der Waals surface area contributed by atoms with Gasteiger partial charge < -0.3 is 10.2 Å². The van der Waals surface area contributed by atoms with Crippen LogP contribution in [-0.4, -0.2) is 40.4 Å². The molecule has 6 heavy (non-hydrogen) atoms. The zero-order valence-electron chi connectivity index (χ0n) is 2.51. The third-order valence-electron chi connectivity index (χ3n) is 0.135. The number of aliphatic hydroxyl groups excluding tert-OH is 1. The molecule has 0 rings (SSSR count). The van der Waals surface area contributed by atoms with Crippen molar-refractivity contribution in [3.63, 3.8) is 0 Å². The first-order chi connectivity index (χ1) is 2.27. The van der Waals surface area contributed by atoms with Crippen molar-refractivity contribution in [2.45, 2.75) is 0 Å². The number of carbonyl (C=O) groups is 1. The Morgan fingerprint density at radius 2 is 1.83 bits per heavy atom. The van der Waals surface area contributed by atoms with E-state index in [1.54, 1.807) is 0 Å². The fourth-order valence-corrected chi connectivity index (χ4v) is 0. The molecule has 0 spiro atoms. The Balaban J connectivity index is 0. The summed E-state index contributed by atoms with van der Waals surface area (Å²) in [5.41, 5.74) is 0. The Labute approximate surface area is 46.0 Å². The number of aliphatic carboxylic acids is 1. The van der Waals surface area contributed by atoms with E-state index in [0.29, 0.717) is 0 Å². The second kappa shape index (κ2) is 4.97. The Morgan fingerprint density at radius 1 is 1.67 bits per heavy atom. The average Bonchev–Trinajstić information content (AvgIpc) is 1.38. The Hall–Kier alpha value is -0.0271. The normalized spacial score (nSPS) is 6.17. The molecular weight excluding hydrogens is 145 g/mol. The van der Waals surface area contributed by atoms with Crippen LogP contribution in [0.5, 0.6) is 0 Å². The van der Waals surface area contributed by atoms with Gasteiger partial charge in [0, 0.05) is 0 Å². The molecule has 0 fully saturated rings. The predicted octanol–water partition coefficient (Wildman–Crippen LogP) is -2.39. The van der Waals surface area contributed by atoms with E-state index in [1.165, 1.54) is 0 Å². The van der Waals surface area contributed by atoms with Gasteiger partial charge in [0.1, 0.15) is 6.61 Å². The molecule has 3 nitrogen and oxygen atoms in total. The molecule has 0 bridgehead atoms. The molecular formula is C2H8GeO3. The van der Waals surface area contributed by atoms with Gasteiger partial charge in [0.2, 0.25) is 0 Å². The van der Waals surface area contributed by atoms with Crippen LogP contribution in [0.3, 0.4) is 0 Å². The van der Waals surface area contributed by atoms with Gasteiger partial charge in [-0.3, -0.25) is 0 Å². The van der Waals surface area contributed by atoms with Gasteiger partial charge in [-0.2, -0.15) is 0 Å². The summed E-state index contributed by atoms with van der Waals surface area (Å²) in [7, 11) is 0. The zero-order valence-corrected chi connectivity index (χ0v) is 2.51. The van der Waals surface area contributed by atoms with Crippen LogP contribution in [0, 0.1) is 0 Å². The van der Waals surface area contributed by atoms with E-state index >= 15 is 0 Å². The van der Waals surface area contributed by atoms with Crippen molar-refractivity contribution in [1.29, 1.82) is 0 Å². The maximum absolute atomic E-state index is 9.12. The van der Waals surface area contributed by atoms with Crippen LogP contribution in [-0.2, 0) is 4.79 Å². The topological polar surface area (TPSA) is 57.5 Å². The second-order valence-corrected chi connectivity index (χ2v) is 0.552. The van der Waals surface area contributed by atoms with Gasteiger partial charge in [0.25, 0.3) is 0 Å². The third kappa shape index (κ3) is 9.02. The van der Waals surface area contributed by atoms with Crippen molar-refractivity contribution >= 4 is 23.6 Å². The van der Waals surface area contributed by atoms with Crippen LogP contribution >= 0.6 is 0 Å². The van der Waals surface area contributed by atoms with Gasteiger partial charge in [-0.1, -0.05) is 0 Å². The quantitative estimate of drug-likeness (QED) is 0.413. The van der Waals surface area contributed by atoms with E-state index < -0.39 is 12.6 Å². The van der Waals surface area contributed by atoms with Crippen molar-refractivity contribution in [3.05, 3.63) is 0 Å². The average molecular weight is 153 g/mol. The van der Waals surface area contributed by atoms with E-state index in [0.717, 1.165) is 0 Å². The van der Waals surface area contributed by atoms with Crippen LogP contribution in [0.1, 0.15) is 0 Å². The fraction of sp³-hybridized carbons (Fsp3) is 0.500. The summed E-state index contributed by atoms with van der Waals surface area (Å²) in [6.07, 6.45) is 0. The molecule has 2 N–H and O–H groups in total. The van der Waals surface area contributed by atoms with Crippen molar-refractivity contribution in [2.75, 3.05) is 6.61 Å². The first kappa shape index (κ1) is 9.36. The van der Waals surface area contributed by atoms with Crippen LogP contribution in [0.15, 0.2) is 0 Å². The molecule has 0 aromatic rings. The summed E-state index contributed by atoms with van der Waals surface area (Å²) < 4.78 is 0. The summed E-state index contributed by atoms with van der Waals surface area (Å²) in [5, 5.41) is 15.0. The van der Waals surface area contributed by atoms with Crippen LogP contribution in [0.2, 0.25) is 0 Å². The van der Waals surface area contributed by atoms with Gasteiger partial charge in [-0.05, 0) is 0 Å². The van der Waals surface area contributed by atoms with E-state index in [2.05, 4.69) is 0 Å². The summed E-state index contributed by atoms with van der Waals surface area (Å²) in [4.78, 5) is 9.12. The molecule has 0 heterocycles. The first-order valence-corrected chi connectivity index (χ1v) is 1.10. The number of rotatable bonds is 1. The SMILES string of the molecule is O=C(O)CO.[GeH4]. The molecule has 0 aromatic carbocycles. The van der Waals surface area contributed by atoms with Crippen LogP contribution in [0.25, 0.3) is 0 Å². The minimum absolute atomic E-state index is 0. The van der Waals surface area contributed by atoms with Crippen LogP contribution in [0.4, 0.5) is 0 Å². The molecule has 0 saturated heterocycles. The van der Waals surface area contributed by atoms with Gasteiger partial charge in [-0.15, -0.1) is 0 Å². The van der Waals surface area contributed by atoms with E-state index in [9.17, 15) is 0 Å². The standard InChI is InChI=1S/C2H4O3.GeH4/c3-1-2(4)5;/h3H,1H2,(H,4,5);1H4. The molecule has 4 heteroatoms. The molecule has 0 aliphatic rings. The van der Waals surface area contributed by atoms with Crippen LogP contribution < -0.4 is 0 Å². The monoisotopic (exact) mass is 154 g/mol. The molecule has 0 unspecified atom stereocenters. The molecule has 0 aliphatic heterocycles. The number of hydrogen-bond donors (Lipinski definition) is 2. The van der Waals surface area contributed by atoms with Gasteiger partial charge in [-0.25, -0.2) is 4.79 Å². The molecule has 0 amide bonds. The predicted molar refractivity (Wildman–Crippen MR) is 26.1 cm³/mol. The van der Waals surface area contributed by atoms with Crippen molar-refractivity contribution in [2.24, 2.45) is 0 Å². The summed E-state index contributed by atoms with van der Waals surface area (Å²) in [5.74, 6) is -1.19. The number of aliphatic hydroxyl groups is 1. The molecule has 0 aromatic heterocycles. The van der Waals surface area contributed by atoms with E-state index in [-0.39, 0.29) is 17.6 Å². The summed E-state index contributed by atoms with van der Waals surface area (Å²) in [6, 6.07) is 0. The molecule has 38 valence electrons. The van der Waals surface area contributed by atoms with Crippen molar-refractivity contribution < 1.29 is 15.0 Å². The number of hydrogen-bond acceptors (Lipinski definition) is 2. The molecule has 0 atom stereocenters. The molecule has 0 aliphatic carbocycles. The second-order valence-electron chi connectivity index (χ2n) is 0.552. The van der Waals surface area contributed by atoms with E-state index in [4.69, 9.17) is 15.0 Å². The molecule has 0 radical (unpaired) electrons. The summed E-state index contributed by atoms with van der Waals surface area (Å²) in [6.45, 7) is -0.778. The number of carboxylic acid groups (broad SMARTS) is 1. The minimum atomic E-state index is -1.19. The Bertz CT molecular complexity index is 44.1. The maximum atomic E-state index is 9.12. The summed E-state index contributed by atoms with van der Waals surface area (Å²) >= 11 is 0. The van der Waals surface area contributed by atoms with E-state index in [1.807, 2.05) is 0 Å². The number of carboxylic acids is 1.